The van der Waals surface area contributed by atoms with Crippen LogP contribution in [0, 0.1) is 18.8 Å². The summed E-state index contributed by atoms with van der Waals surface area (Å²) >= 11 is 0. The highest BCUT2D eigenvalue weighted by atomic mass is 16.2. The lowest BCUT2D eigenvalue weighted by Crippen LogP contribution is -2.28. The second-order valence-electron chi connectivity index (χ2n) is 4.16. The van der Waals surface area contributed by atoms with Crippen LogP contribution in [0.4, 0.5) is 0 Å². The van der Waals surface area contributed by atoms with Crippen LogP contribution >= 0.6 is 0 Å². The standard InChI is InChI=1S/C15H19NO2/c1-4-10-16(3)15(18)14-9-5-7-13(12(14)2)8-6-11-17/h5,7,9,17H,4,10-11H2,1-3H3. The van der Waals surface area contributed by atoms with Crippen molar-refractivity contribution in [3.05, 3.63) is 34.9 Å². The Hall–Kier alpha value is -1.79. The molecule has 0 heterocycles. The molecule has 0 bridgehead atoms. The molecule has 1 aromatic rings. The summed E-state index contributed by atoms with van der Waals surface area (Å²) in [7, 11) is 1.80. The minimum Gasteiger partial charge on any atom is -0.384 e. The van der Waals surface area contributed by atoms with Crippen molar-refractivity contribution >= 4 is 5.91 Å². The van der Waals surface area contributed by atoms with Crippen molar-refractivity contribution < 1.29 is 9.90 Å². The molecule has 0 radical (unpaired) electrons. The summed E-state index contributed by atoms with van der Waals surface area (Å²) in [5.74, 6) is 5.48. The number of nitrogens with zero attached hydrogens (tertiary/aromatic N) is 1. The molecular weight excluding hydrogens is 226 g/mol. The van der Waals surface area contributed by atoms with E-state index in [0.29, 0.717) is 5.56 Å². The lowest BCUT2D eigenvalue weighted by molar-refractivity contribution is 0.0794. The Labute approximate surface area is 108 Å². The van der Waals surface area contributed by atoms with Crippen LogP contribution in [0.1, 0.15) is 34.8 Å². The first kappa shape index (κ1) is 14.3. The Morgan fingerprint density at radius 1 is 1.44 bits per heavy atom. The van der Waals surface area contributed by atoms with Crippen molar-refractivity contribution in [2.75, 3.05) is 20.2 Å². The fourth-order valence-corrected chi connectivity index (χ4v) is 1.78. The van der Waals surface area contributed by atoms with E-state index < -0.39 is 0 Å². The molecule has 1 N–H and O–H groups in total. The molecule has 3 nitrogen and oxygen atoms in total. The van der Waals surface area contributed by atoms with Crippen LogP contribution in [0.5, 0.6) is 0 Å². The number of carbonyl (C=O) groups excluding carboxylic acids is 1. The third-order valence-corrected chi connectivity index (χ3v) is 2.77. The van der Waals surface area contributed by atoms with Gasteiger partial charge in [0.1, 0.15) is 6.61 Å². The van der Waals surface area contributed by atoms with Gasteiger partial charge in [-0.1, -0.05) is 24.8 Å². The summed E-state index contributed by atoms with van der Waals surface area (Å²) in [5.41, 5.74) is 2.34. The summed E-state index contributed by atoms with van der Waals surface area (Å²) in [5, 5.41) is 8.71. The predicted octanol–water partition coefficient (Wildman–Crippen LogP) is 1.82. The van der Waals surface area contributed by atoms with Crippen molar-refractivity contribution in [3.63, 3.8) is 0 Å². The lowest BCUT2D eigenvalue weighted by Gasteiger charge is -2.17. The third-order valence-electron chi connectivity index (χ3n) is 2.77. The number of benzene rings is 1. The normalized spacial score (nSPS) is 9.56. The Bertz CT molecular complexity index is 483. The first-order valence-electron chi connectivity index (χ1n) is 6.06. The largest absolute Gasteiger partial charge is 0.384 e. The fourth-order valence-electron chi connectivity index (χ4n) is 1.78. The van der Waals surface area contributed by atoms with Crippen molar-refractivity contribution in [2.24, 2.45) is 0 Å². The zero-order valence-corrected chi connectivity index (χ0v) is 11.2. The van der Waals surface area contributed by atoms with Gasteiger partial charge in [0.15, 0.2) is 0 Å². The average Bonchev–Trinajstić information content (AvgIpc) is 2.37. The Morgan fingerprint density at radius 3 is 2.78 bits per heavy atom. The number of rotatable bonds is 3. The number of carbonyl (C=O) groups is 1. The predicted molar refractivity (Wildman–Crippen MR) is 72.4 cm³/mol. The molecule has 0 unspecified atom stereocenters. The number of hydrogen-bond acceptors (Lipinski definition) is 2. The minimum atomic E-state index is -0.173. The molecule has 1 rings (SSSR count). The molecule has 0 aromatic heterocycles. The fraction of sp³-hybridized carbons (Fsp3) is 0.400. The monoisotopic (exact) mass is 245 g/mol. The summed E-state index contributed by atoms with van der Waals surface area (Å²) < 4.78 is 0. The Kier molecular flexibility index (Phi) is 5.41. The molecular formula is C15H19NO2. The van der Waals surface area contributed by atoms with Gasteiger partial charge in [-0.3, -0.25) is 4.79 Å². The molecule has 0 atom stereocenters. The highest BCUT2D eigenvalue weighted by molar-refractivity contribution is 5.96. The average molecular weight is 245 g/mol. The number of amides is 1. The number of aliphatic hydroxyl groups is 1. The van der Waals surface area contributed by atoms with Crippen molar-refractivity contribution in [1.29, 1.82) is 0 Å². The van der Waals surface area contributed by atoms with Gasteiger partial charge in [-0.25, -0.2) is 0 Å². The van der Waals surface area contributed by atoms with Gasteiger partial charge >= 0.3 is 0 Å². The molecule has 0 saturated carbocycles. The first-order valence-corrected chi connectivity index (χ1v) is 6.06. The third kappa shape index (κ3) is 3.35. The minimum absolute atomic E-state index is 0.0157. The van der Waals surface area contributed by atoms with Gasteiger partial charge in [-0.05, 0) is 31.0 Å². The molecule has 18 heavy (non-hydrogen) atoms. The molecule has 0 fully saturated rings. The van der Waals surface area contributed by atoms with E-state index in [1.807, 2.05) is 32.0 Å². The lowest BCUT2D eigenvalue weighted by atomic mass is 10.0. The SMILES string of the molecule is CCCN(C)C(=O)c1cccc(C#CCO)c1C. The van der Waals surface area contributed by atoms with E-state index in [1.165, 1.54) is 0 Å². The van der Waals surface area contributed by atoms with Gasteiger partial charge in [-0.2, -0.15) is 0 Å². The van der Waals surface area contributed by atoms with E-state index in [9.17, 15) is 4.79 Å². The van der Waals surface area contributed by atoms with Crippen LogP contribution < -0.4 is 0 Å². The Morgan fingerprint density at radius 2 is 2.17 bits per heavy atom. The van der Waals surface area contributed by atoms with Gasteiger partial charge < -0.3 is 10.0 Å². The van der Waals surface area contributed by atoms with Crippen molar-refractivity contribution in [3.8, 4) is 11.8 Å². The van der Waals surface area contributed by atoms with Gasteiger partial charge in [0.25, 0.3) is 5.91 Å². The van der Waals surface area contributed by atoms with Crippen molar-refractivity contribution in [2.45, 2.75) is 20.3 Å². The van der Waals surface area contributed by atoms with Gasteiger partial charge in [0.2, 0.25) is 0 Å². The molecule has 3 heteroatoms. The molecule has 0 aliphatic heterocycles. The number of aliphatic hydroxyl groups excluding tert-OH is 1. The molecule has 0 aliphatic rings. The van der Waals surface area contributed by atoms with Gasteiger partial charge in [0.05, 0.1) is 0 Å². The van der Waals surface area contributed by atoms with Crippen LogP contribution in [0.3, 0.4) is 0 Å². The molecule has 0 aliphatic carbocycles. The Balaban J connectivity index is 3.07. The van der Waals surface area contributed by atoms with E-state index >= 15 is 0 Å². The van der Waals surface area contributed by atoms with E-state index in [2.05, 4.69) is 11.8 Å². The summed E-state index contributed by atoms with van der Waals surface area (Å²) in [6.45, 7) is 4.49. The zero-order chi connectivity index (χ0) is 13.5. The highest BCUT2D eigenvalue weighted by Gasteiger charge is 2.14. The number of hydrogen-bond donors (Lipinski definition) is 1. The second-order valence-corrected chi connectivity index (χ2v) is 4.16. The first-order chi connectivity index (χ1) is 8.61. The maximum absolute atomic E-state index is 12.2. The van der Waals surface area contributed by atoms with E-state index in [4.69, 9.17) is 5.11 Å². The smallest absolute Gasteiger partial charge is 0.253 e. The van der Waals surface area contributed by atoms with Crippen LogP contribution in [0.15, 0.2) is 18.2 Å². The maximum Gasteiger partial charge on any atom is 0.253 e. The molecule has 96 valence electrons. The summed E-state index contributed by atoms with van der Waals surface area (Å²) in [4.78, 5) is 13.9. The summed E-state index contributed by atoms with van der Waals surface area (Å²) in [6, 6.07) is 5.49. The van der Waals surface area contributed by atoms with Crippen molar-refractivity contribution in [1.82, 2.24) is 4.90 Å². The second kappa shape index (κ2) is 6.83. The topological polar surface area (TPSA) is 40.5 Å². The quantitative estimate of drug-likeness (QED) is 0.825. The zero-order valence-electron chi connectivity index (χ0n) is 11.2. The highest BCUT2D eigenvalue weighted by Crippen LogP contribution is 2.14. The van der Waals surface area contributed by atoms with Crippen LogP contribution in [0.25, 0.3) is 0 Å². The van der Waals surface area contributed by atoms with Crippen LogP contribution in [-0.2, 0) is 0 Å². The van der Waals surface area contributed by atoms with E-state index in [0.717, 1.165) is 24.1 Å². The summed E-state index contributed by atoms with van der Waals surface area (Å²) in [6.07, 6.45) is 0.936. The maximum atomic E-state index is 12.2. The van der Waals surface area contributed by atoms with Crippen LogP contribution in [-0.4, -0.2) is 36.1 Å². The van der Waals surface area contributed by atoms with E-state index in [1.54, 1.807) is 11.9 Å². The molecule has 1 aromatic carbocycles. The van der Waals surface area contributed by atoms with Crippen LogP contribution in [0.2, 0.25) is 0 Å². The van der Waals surface area contributed by atoms with Gasteiger partial charge in [-0.15, -0.1) is 0 Å². The molecule has 0 saturated heterocycles. The molecule has 1 amide bonds. The van der Waals surface area contributed by atoms with Gasteiger partial charge in [0, 0.05) is 24.7 Å². The molecule has 0 spiro atoms. The van der Waals surface area contributed by atoms with E-state index in [-0.39, 0.29) is 12.5 Å².